The molecule has 1 aliphatic heterocycles. The van der Waals surface area contributed by atoms with E-state index in [0.29, 0.717) is 25.5 Å². The largest absolute Gasteiger partial charge is 0.457 e. The Morgan fingerprint density at radius 2 is 1.79 bits per heavy atom. The number of para-hydroxylation sites is 1. The molecule has 2 atom stereocenters. The first kappa shape index (κ1) is 25.7. The normalized spacial score (nSPS) is 15.9. The van der Waals surface area contributed by atoms with Gasteiger partial charge in [-0.15, -0.1) is 0 Å². The molecule has 38 heavy (non-hydrogen) atoms. The molecule has 4 aromatic rings. The van der Waals surface area contributed by atoms with Gasteiger partial charge in [0.05, 0.1) is 12.6 Å². The fourth-order valence-electron chi connectivity index (χ4n) is 4.60. The van der Waals surface area contributed by atoms with E-state index in [4.69, 9.17) is 13.9 Å². The summed E-state index contributed by atoms with van der Waals surface area (Å²) in [6.07, 6.45) is 3.51. The molecule has 0 saturated carbocycles. The Kier molecular flexibility index (Phi) is 8.48. The predicted molar refractivity (Wildman–Crippen MR) is 145 cm³/mol. The summed E-state index contributed by atoms with van der Waals surface area (Å²) in [4.78, 5) is 19.4. The van der Waals surface area contributed by atoms with Crippen molar-refractivity contribution in [3.05, 3.63) is 114 Å². The van der Waals surface area contributed by atoms with Crippen LogP contribution in [-0.2, 0) is 17.8 Å². The summed E-state index contributed by atoms with van der Waals surface area (Å²) in [7, 11) is 0. The summed E-state index contributed by atoms with van der Waals surface area (Å²) in [5, 5.41) is 2.91. The van der Waals surface area contributed by atoms with Crippen LogP contribution < -0.4 is 10.1 Å². The fraction of sp³-hybridized carbons (Fsp3) is 0.290. The molecule has 3 aromatic carbocycles. The Morgan fingerprint density at radius 1 is 1.03 bits per heavy atom. The Hall–Kier alpha value is -3.94. The molecule has 1 fully saturated rings. The van der Waals surface area contributed by atoms with E-state index in [1.165, 1.54) is 11.8 Å². The number of nitrogens with zero attached hydrogens (tertiary/aromatic N) is 2. The predicted octanol–water partition coefficient (Wildman–Crippen LogP) is 6.14. The van der Waals surface area contributed by atoms with Crippen molar-refractivity contribution in [1.82, 2.24) is 15.2 Å². The number of amides is 1. The third-order valence-corrected chi connectivity index (χ3v) is 6.73. The van der Waals surface area contributed by atoms with E-state index in [-0.39, 0.29) is 23.7 Å². The lowest BCUT2D eigenvalue weighted by atomic mass is 10.1. The van der Waals surface area contributed by atoms with Gasteiger partial charge in [-0.2, -0.15) is 0 Å². The molecule has 1 N–H and O–H groups in total. The minimum absolute atomic E-state index is 0.0779. The first-order valence-electron chi connectivity index (χ1n) is 13.1. The first-order valence-corrected chi connectivity index (χ1v) is 13.1. The first-order chi connectivity index (χ1) is 18.6. The van der Waals surface area contributed by atoms with Gasteiger partial charge in [-0.3, -0.25) is 9.69 Å². The number of hydrogen-bond acceptors (Lipinski definition) is 6. The van der Waals surface area contributed by atoms with Crippen LogP contribution in [0.15, 0.2) is 95.6 Å². The third-order valence-electron chi connectivity index (χ3n) is 6.73. The molecule has 0 radical (unpaired) electrons. The third kappa shape index (κ3) is 6.88. The summed E-state index contributed by atoms with van der Waals surface area (Å²) in [6.45, 7) is 4.49. The number of rotatable bonds is 11. The van der Waals surface area contributed by atoms with Crippen molar-refractivity contribution in [2.75, 3.05) is 13.2 Å². The van der Waals surface area contributed by atoms with Crippen LogP contribution in [0.25, 0.3) is 0 Å². The van der Waals surface area contributed by atoms with Crippen LogP contribution in [0, 0.1) is 0 Å². The highest BCUT2D eigenvalue weighted by molar-refractivity contribution is 5.91. The quantitative estimate of drug-likeness (QED) is 0.261. The molecule has 1 saturated heterocycles. The van der Waals surface area contributed by atoms with Crippen molar-refractivity contribution in [3.8, 4) is 11.5 Å². The number of carbonyl (C=O) groups is 1. The van der Waals surface area contributed by atoms with Crippen molar-refractivity contribution in [2.24, 2.45) is 0 Å². The average Bonchev–Trinajstić information content (AvgIpc) is 3.65. The standard InChI is InChI=1S/C31H33N3O4/c1-23(25-11-4-2-5-12-25)34(20-24-10-8-15-27(18-24)38-26-13-6-3-7-14-26)21-30-33-29(22-37-30)31(35)32-19-28-16-9-17-36-28/h2-8,10-15,18,22-23,28H,9,16-17,19-21H2,1H3,(H,32,35)/t23-,28+/m1/s1. The number of nitrogens with one attached hydrogen (secondary N) is 1. The van der Waals surface area contributed by atoms with E-state index in [0.717, 1.165) is 36.5 Å². The van der Waals surface area contributed by atoms with Gasteiger partial charge in [-0.05, 0) is 55.2 Å². The molecule has 5 rings (SSSR count). The fourth-order valence-corrected chi connectivity index (χ4v) is 4.60. The second-order valence-corrected chi connectivity index (χ2v) is 9.53. The van der Waals surface area contributed by atoms with Crippen LogP contribution in [0.3, 0.4) is 0 Å². The Morgan fingerprint density at radius 3 is 2.55 bits per heavy atom. The molecule has 0 aliphatic carbocycles. The zero-order valence-corrected chi connectivity index (χ0v) is 21.6. The topological polar surface area (TPSA) is 76.8 Å². The molecule has 0 bridgehead atoms. The Balaban J connectivity index is 1.30. The highest BCUT2D eigenvalue weighted by Gasteiger charge is 2.22. The minimum Gasteiger partial charge on any atom is -0.457 e. The molecule has 0 spiro atoms. The molecule has 196 valence electrons. The lowest BCUT2D eigenvalue weighted by molar-refractivity contribution is 0.0853. The van der Waals surface area contributed by atoms with Gasteiger partial charge in [-0.1, -0.05) is 60.7 Å². The van der Waals surface area contributed by atoms with Gasteiger partial charge in [0.1, 0.15) is 17.8 Å². The number of carbonyl (C=O) groups excluding carboxylic acids is 1. The second kappa shape index (κ2) is 12.5. The molecule has 2 heterocycles. The Labute approximate surface area is 223 Å². The zero-order chi connectivity index (χ0) is 26.2. The lowest BCUT2D eigenvalue weighted by Gasteiger charge is -2.28. The van der Waals surface area contributed by atoms with Gasteiger partial charge in [0.15, 0.2) is 5.69 Å². The van der Waals surface area contributed by atoms with Crippen LogP contribution >= 0.6 is 0 Å². The van der Waals surface area contributed by atoms with E-state index in [1.807, 2.05) is 60.7 Å². The van der Waals surface area contributed by atoms with Gasteiger partial charge >= 0.3 is 0 Å². The Bertz CT molecular complexity index is 1300. The smallest absolute Gasteiger partial charge is 0.273 e. The van der Waals surface area contributed by atoms with Gasteiger partial charge in [0.25, 0.3) is 5.91 Å². The van der Waals surface area contributed by atoms with Crippen molar-refractivity contribution >= 4 is 5.91 Å². The summed E-state index contributed by atoms with van der Waals surface area (Å²) in [6, 6.07) is 28.3. The number of benzene rings is 3. The maximum absolute atomic E-state index is 12.6. The molecule has 1 aromatic heterocycles. The molecule has 7 heteroatoms. The molecular weight excluding hydrogens is 478 g/mol. The average molecular weight is 512 g/mol. The van der Waals surface area contributed by atoms with Crippen molar-refractivity contribution in [3.63, 3.8) is 0 Å². The van der Waals surface area contributed by atoms with Gasteiger partial charge in [0, 0.05) is 25.7 Å². The van der Waals surface area contributed by atoms with Crippen LogP contribution in [0.4, 0.5) is 0 Å². The number of aromatic nitrogens is 1. The van der Waals surface area contributed by atoms with Gasteiger partial charge < -0.3 is 19.2 Å². The molecular formula is C31H33N3O4. The summed E-state index contributed by atoms with van der Waals surface area (Å²) in [5.74, 6) is 1.82. The van der Waals surface area contributed by atoms with Crippen molar-refractivity contribution in [1.29, 1.82) is 0 Å². The van der Waals surface area contributed by atoms with E-state index < -0.39 is 0 Å². The molecule has 1 amide bonds. The maximum Gasteiger partial charge on any atom is 0.273 e. The van der Waals surface area contributed by atoms with Crippen LogP contribution in [0.5, 0.6) is 11.5 Å². The van der Waals surface area contributed by atoms with Crippen molar-refractivity contribution in [2.45, 2.75) is 45.0 Å². The van der Waals surface area contributed by atoms with Crippen LogP contribution in [0.2, 0.25) is 0 Å². The molecule has 0 unspecified atom stereocenters. The van der Waals surface area contributed by atoms with Crippen LogP contribution in [-0.4, -0.2) is 35.0 Å². The maximum atomic E-state index is 12.6. The minimum atomic E-state index is -0.246. The molecule has 7 nitrogen and oxygen atoms in total. The summed E-state index contributed by atoms with van der Waals surface area (Å²) < 4.78 is 17.4. The van der Waals surface area contributed by atoms with E-state index in [9.17, 15) is 4.79 Å². The number of ether oxygens (including phenoxy) is 2. The second-order valence-electron chi connectivity index (χ2n) is 9.53. The van der Waals surface area contributed by atoms with Gasteiger partial charge in [0.2, 0.25) is 5.89 Å². The van der Waals surface area contributed by atoms with Crippen LogP contribution in [0.1, 0.15) is 53.3 Å². The van der Waals surface area contributed by atoms with Crippen molar-refractivity contribution < 1.29 is 18.7 Å². The van der Waals surface area contributed by atoms with E-state index in [1.54, 1.807) is 0 Å². The van der Waals surface area contributed by atoms with Gasteiger partial charge in [-0.25, -0.2) is 4.98 Å². The van der Waals surface area contributed by atoms with E-state index in [2.05, 4.69) is 46.4 Å². The zero-order valence-electron chi connectivity index (χ0n) is 21.6. The lowest BCUT2D eigenvalue weighted by Crippen LogP contribution is -2.32. The number of oxazole rings is 1. The SMILES string of the molecule is C[C@H](c1ccccc1)N(Cc1cccc(Oc2ccccc2)c1)Cc1nc(C(=O)NC[C@@H]2CCCO2)co1. The highest BCUT2D eigenvalue weighted by atomic mass is 16.5. The summed E-state index contributed by atoms with van der Waals surface area (Å²) >= 11 is 0. The molecule has 1 aliphatic rings. The number of hydrogen-bond donors (Lipinski definition) is 1. The monoisotopic (exact) mass is 511 g/mol. The van der Waals surface area contributed by atoms with E-state index >= 15 is 0 Å². The highest BCUT2D eigenvalue weighted by Crippen LogP contribution is 2.27. The summed E-state index contributed by atoms with van der Waals surface area (Å²) in [5.41, 5.74) is 2.57.